The number of benzene rings is 2. The van der Waals surface area contributed by atoms with E-state index in [-0.39, 0.29) is 6.04 Å². The second-order valence-corrected chi connectivity index (χ2v) is 5.06. The van der Waals surface area contributed by atoms with Crippen LogP contribution in [0.3, 0.4) is 0 Å². The van der Waals surface area contributed by atoms with Crippen LogP contribution in [0.2, 0.25) is 0 Å². The molecule has 0 saturated heterocycles. The maximum atomic E-state index is 6.43. The van der Waals surface area contributed by atoms with Crippen LogP contribution in [0.25, 0.3) is 5.57 Å². The highest BCUT2D eigenvalue weighted by Gasteiger charge is 2.33. The zero-order valence-corrected chi connectivity index (χ0v) is 11.8. The van der Waals surface area contributed by atoms with Crippen molar-refractivity contribution in [1.82, 2.24) is 5.01 Å². The summed E-state index contributed by atoms with van der Waals surface area (Å²) in [5.74, 6) is 0.803. The third-order valence-corrected chi connectivity index (χ3v) is 3.88. The number of para-hydroxylation sites is 1. The van der Waals surface area contributed by atoms with E-state index in [0.29, 0.717) is 0 Å². The molecule has 0 radical (unpaired) electrons. The fourth-order valence-corrected chi connectivity index (χ4v) is 2.76. The van der Waals surface area contributed by atoms with Crippen LogP contribution in [0.4, 0.5) is 5.69 Å². The Bertz CT molecular complexity index is 619. The van der Waals surface area contributed by atoms with Crippen LogP contribution in [0, 0.1) is 0 Å². The van der Waals surface area contributed by atoms with E-state index < -0.39 is 0 Å². The molecule has 3 rings (SSSR count). The van der Waals surface area contributed by atoms with Gasteiger partial charge in [0, 0.05) is 12.6 Å². The lowest BCUT2D eigenvalue weighted by Crippen LogP contribution is -2.39. The Morgan fingerprint density at radius 2 is 1.45 bits per heavy atom. The van der Waals surface area contributed by atoms with E-state index in [1.165, 1.54) is 11.1 Å². The molecule has 0 aliphatic carbocycles. The Morgan fingerprint density at radius 1 is 0.900 bits per heavy atom. The Labute approximate surface area is 119 Å². The van der Waals surface area contributed by atoms with Gasteiger partial charge < -0.3 is 5.73 Å². The van der Waals surface area contributed by atoms with Crippen molar-refractivity contribution >= 4 is 11.3 Å². The molecule has 2 N–H and O–H groups in total. The standard InChI is InChI=1S/C17H19N3/c1-13-16(14-9-5-3-6-10-14)17(18)20(19(13)2)15-11-7-4-8-12-15/h3-13H,18H2,1-2H3. The van der Waals surface area contributed by atoms with E-state index in [4.69, 9.17) is 5.73 Å². The van der Waals surface area contributed by atoms with Crippen LogP contribution in [0.5, 0.6) is 0 Å². The van der Waals surface area contributed by atoms with Crippen molar-refractivity contribution in [2.45, 2.75) is 13.0 Å². The molecule has 20 heavy (non-hydrogen) atoms. The van der Waals surface area contributed by atoms with E-state index in [0.717, 1.165) is 11.5 Å². The smallest absolute Gasteiger partial charge is 0.124 e. The van der Waals surface area contributed by atoms with Gasteiger partial charge in [-0.05, 0) is 24.6 Å². The number of likely N-dealkylation sites (N-methyl/N-ethyl adjacent to an activating group) is 1. The second kappa shape index (κ2) is 5.02. The highest BCUT2D eigenvalue weighted by Crippen LogP contribution is 2.35. The topological polar surface area (TPSA) is 32.5 Å². The predicted octanol–water partition coefficient (Wildman–Crippen LogP) is 3.07. The molecule has 1 aliphatic rings. The molecule has 1 aliphatic heterocycles. The zero-order chi connectivity index (χ0) is 14.1. The molecule has 3 heteroatoms. The highest BCUT2D eigenvalue weighted by atomic mass is 15.7. The number of rotatable bonds is 2. The van der Waals surface area contributed by atoms with Gasteiger partial charge in [0.15, 0.2) is 0 Å². The predicted molar refractivity (Wildman–Crippen MR) is 83.7 cm³/mol. The van der Waals surface area contributed by atoms with Gasteiger partial charge in [-0.15, -0.1) is 0 Å². The summed E-state index contributed by atoms with van der Waals surface area (Å²) >= 11 is 0. The highest BCUT2D eigenvalue weighted by molar-refractivity contribution is 5.78. The van der Waals surface area contributed by atoms with Crippen LogP contribution in [-0.2, 0) is 0 Å². The van der Waals surface area contributed by atoms with E-state index >= 15 is 0 Å². The van der Waals surface area contributed by atoms with Gasteiger partial charge in [0.2, 0.25) is 0 Å². The number of hydrogen-bond donors (Lipinski definition) is 1. The Balaban J connectivity index is 2.08. The Morgan fingerprint density at radius 3 is 2.05 bits per heavy atom. The minimum absolute atomic E-state index is 0.248. The van der Waals surface area contributed by atoms with Crippen LogP contribution < -0.4 is 10.7 Å². The summed E-state index contributed by atoms with van der Waals surface area (Å²) < 4.78 is 0. The lowest BCUT2D eigenvalue weighted by Gasteiger charge is -2.30. The van der Waals surface area contributed by atoms with Gasteiger partial charge in [0.1, 0.15) is 5.82 Å². The van der Waals surface area contributed by atoms with Crippen molar-refractivity contribution in [2.75, 3.05) is 12.1 Å². The zero-order valence-electron chi connectivity index (χ0n) is 11.8. The number of anilines is 1. The van der Waals surface area contributed by atoms with Crippen molar-refractivity contribution in [3.8, 4) is 0 Å². The Kier molecular flexibility index (Phi) is 3.20. The molecule has 0 aromatic heterocycles. The van der Waals surface area contributed by atoms with E-state index in [1.54, 1.807) is 0 Å². The first kappa shape index (κ1) is 12.8. The molecule has 0 spiro atoms. The Hall–Kier alpha value is -2.26. The molecule has 0 amide bonds. The molecule has 1 atom stereocenters. The summed E-state index contributed by atoms with van der Waals surface area (Å²) in [5.41, 5.74) is 9.88. The van der Waals surface area contributed by atoms with Crippen LogP contribution in [0.1, 0.15) is 12.5 Å². The lowest BCUT2D eigenvalue weighted by atomic mass is 10.0. The number of nitrogens with two attached hydrogens (primary N) is 1. The van der Waals surface area contributed by atoms with Crippen molar-refractivity contribution in [3.05, 3.63) is 72.0 Å². The molecular weight excluding hydrogens is 246 g/mol. The molecule has 2 aromatic rings. The van der Waals surface area contributed by atoms with Crippen molar-refractivity contribution < 1.29 is 0 Å². The first-order valence-electron chi connectivity index (χ1n) is 6.83. The summed E-state index contributed by atoms with van der Waals surface area (Å²) in [5, 5.41) is 4.25. The maximum absolute atomic E-state index is 6.43. The summed E-state index contributed by atoms with van der Waals surface area (Å²) in [6, 6.07) is 20.8. The minimum Gasteiger partial charge on any atom is -0.384 e. The SMILES string of the molecule is CC1C(c2ccccc2)=C(N)N(c2ccccc2)N1C. The van der Waals surface area contributed by atoms with Gasteiger partial charge in [0.25, 0.3) is 0 Å². The first-order valence-corrected chi connectivity index (χ1v) is 6.83. The van der Waals surface area contributed by atoms with E-state index in [9.17, 15) is 0 Å². The van der Waals surface area contributed by atoms with Crippen LogP contribution in [0.15, 0.2) is 66.5 Å². The maximum Gasteiger partial charge on any atom is 0.124 e. The molecule has 1 unspecified atom stereocenters. The fourth-order valence-electron chi connectivity index (χ4n) is 2.76. The van der Waals surface area contributed by atoms with Gasteiger partial charge in [-0.1, -0.05) is 48.5 Å². The van der Waals surface area contributed by atoms with Crippen molar-refractivity contribution in [1.29, 1.82) is 0 Å². The normalized spacial score (nSPS) is 19.7. The fraction of sp³-hybridized carbons (Fsp3) is 0.176. The summed E-state index contributed by atoms with van der Waals surface area (Å²) in [4.78, 5) is 0. The monoisotopic (exact) mass is 265 g/mol. The number of hydrogen-bond acceptors (Lipinski definition) is 3. The molecule has 0 fully saturated rings. The summed E-state index contributed by atoms with van der Waals surface area (Å²) in [6.45, 7) is 2.18. The molecule has 102 valence electrons. The summed E-state index contributed by atoms with van der Waals surface area (Å²) in [6.07, 6.45) is 0. The van der Waals surface area contributed by atoms with E-state index in [1.807, 2.05) is 36.4 Å². The van der Waals surface area contributed by atoms with Crippen molar-refractivity contribution in [2.24, 2.45) is 5.73 Å². The summed E-state index contributed by atoms with van der Waals surface area (Å²) in [7, 11) is 2.07. The molecule has 0 saturated carbocycles. The van der Waals surface area contributed by atoms with Crippen LogP contribution >= 0.6 is 0 Å². The molecule has 1 heterocycles. The van der Waals surface area contributed by atoms with Gasteiger partial charge >= 0.3 is 0 Å². The van der Waals surface area contributed by atoms with Gasteiger partial charge in [-0.3, -0.25) is 5.01 Å². The number of nitrogens with zero attached hydrogens (tertiary/aromatic N) is 2. The third-order valence-electron chi connectivity index (χ3n) is 3.88. The van der Waals surface area contributed by atoms with E-state index in [2.05, 4.69) is 48.3 Å². The average Bonchev–Trinajstić information content (AvgIpc) is 2.71. The number of hydrazine groups is 1. The molecule has 3 nitrogen and oxygen atoms in total. The van der Waals surface area contributed by atoms with Crippen LogP contribution in [-0.4, -0.2) is 18.1 Å². The second-order valence-electron chi connectivity index (χ2n) is 5.06. The largest absolute Gasteiger partial charge is 0.384 e. The van der Waals surface area contributed by atoms with Gasteiger partial charge in [-0.25, -0.2) is 5.01 Å². The minimum atomic E-state index is 0.248. The third kappa shape index (κ3) is 1.96. The van der Waals surface area contributed by atoms with Crippen molar-refractivity contribution in [3.63, 3.8) is 0 Å². The van der Waals surface area contributed by atoms with Gasteiger partial charge in [-0.2, -0.15) is 0 Å². The molecular formula is C17H19N3. The first-order chi connectivity index (χ1) is 9.70. The lowest BCUT2D eigenvalue weighted by molar-refractivity contribution is 0.321. The molecule has 2 aromatic carbocycles. The quantitative estimate of drug-likeness (QED) is 0.905. The van der Waals surface area contributed by atoms with Gasteiger partial charge in [0.05, 0.1) is 11.7 Å². The molecule has 0 bridgehead atoms. The average molecular weight is 265 g/mol.